The average Bonchev–Trinajstić information content (AvgIpc) is 3.47. The zero-order chi connectivity index (χ0) is 39.3. The van der Waals surface area contributed by atoms with Crippen LogP contribution in [0.25, 0.3) is 0 Å². The summed E-state index contributed by atoms with van der Waals surface area (Å²) in [5.41, 5.74) is -1.63. The van der Waals surface area contributed by atoms with Crippen LogP contribution in [-0.2, 0) is 33.3 Å². The van der Waals surface area contributed by atoms with Crippen LogP contribution in [0.1, 0.15) is 133 Å². The Morgan fingerprint density at radius 2 is 1.57 bits per heavy atom. The second kappa shape index (κ2) is 16.2. The van der Waals surface area contributed by atoms with Crippen LogP contribution in [0.4, 0.5) is 0 Å². The molecule has 0 amide bonds. The van der Waals surface area contributed by atoms with E-state index in [2.05, 4.69) is 20.8 Å². The van der Waals surface area contributed by atoms with Gasteiger partial charge in [0.05, 0.1) is 53.7 Å². The van der Waals surface area contributed by atoms with Gasteiger partial charge in [-0.15, -0.1) is 0 Å². The van der Waals surface area contributed by atoms with Gasteiger partial charge in [-0.1, -0.05) is 55.4 Å². The zero-order valence-corrected chi connectivity index (χ0v) is 34.0. The molecule has 0 unspecified atom stereocenters. The Hall–Kier alpha value is -1.44. The van der Waals surface area contributed by atoms with Gasteiger partial charge in [-0.2, -0.15) is 0 Å². The van der Waals surface area contributed by atoms with E-state index >= 15 is 0 Å². The van der Waals surface area contributed by atoms with Gasteiger partial charge < -0.3 is 44.1 Å². The first-order valence-electron chi connectivity index (χ1n) is 20.7. The minimum absolute atomic E-state index is 0.0137. The van der Waals surface area contributed by atoms with Gasteiger partial charge in [0, 0.05) is 30.1 Å². The molecule has 304 valence electrons. The predicted octanol–water partition coefficient (Wildman–Crippen LogP) is 6.19. The Morgan fingerprint density at radius 1 is 0.887 bits per heavy atom. The van der Waals surface area contributed by atoms with Gasteiger partial charge in [-0.05, 0) is 95.6 Å². The number of Topliss-reactive ketones (excluding diaryl/α,β-unsaturated/α-hetero) is 1. The molecule has 0 aromatic carbocycles. The lowest BCUT2D eigenvalue weighted by atomic mass is 9.72. The first-order valence-corrected chi connectivity index (χ1v) is 20.7. The van der Waals surface area contributed by atoms with Gasteiger partial charge in [-0.3, -0.25) is 9.59 Å². The highest BCUT2D eigenvalue weighted by atomic mass is 16.8. The number of carboxylic acid groups (broad SMARTS) is 1. The van der Waals surface area contributed by atoms with Gasteiger partial charge >= 0.3 is 5.97 Å². The zero-order valence-electron chi connectivity index (χ0n) is 34.0. The van der Waals surface area contributed by atoms with Crippen LogP contribution in [0.15, 0.2) is 12.2 Å². The molecule has 0 radical (unpaired) electrons. The molecule has 4 fully saturated rings. The number of aliphatic hydroxyl groups is 3. The van der Waals surface area contributed by atoms with E-state index in [9.17, 15) is 30.0 Å². The van der Waals surface area contributed by atoms with Crippen LogP contribution in [0.3, 0.4) is 0 Å². The Morgan fingerprint density at radius 3 is 2.17 bits per heavy atom. The molecule has 5 aliphatic rings. The lowest BCUT2D eigenvalue weighted by molar-refractivity contribution is -0.409. The maximum absolute atomic E-state index is 14.4. The van der Waals surface area contributed by atoms with E-state index in [1.807, 2.05) is 41.5 Å². The van der Waals surface area contributed by atoms with Crippen molar-refractivity contribution in [3.8, 4) is 0 Å². The molecule has 18 atom stereocenters. The van der Waals surface area contributed by atoms with Gasteiger partial charge in [-0.25, -0.2) is 0 Å². The van der Waals surface area contributed by atoms with E-state index in [4.69, 9.17) is 23.7 Å². The number of carbonyl (C=O) groups excluding carboxylic acids is 1. The van der Waals surface area contributed by atoms with Crippen molar-refractivity contribution < 1.29 is 53.7 Å². The number of carbonyl (C=O) groups is 2. The van der Waals surface area contributed by atoms with Gasteiger partial charge in [0.25, 0.3) is 0 Å². The van der Waals surface area contributed by atoms with E-state index in [1.165, 1.54) is 0 Å². The summed E-state index contributed by atoms with van der Waals surface area (Å²) in [7, 11) is 0. The van der Waals surface area contributed by atoms with Gasteiger partial charge in [0.15, 0.2) is 5.79 Å². The molecule has 5 aliphatic heterocycles. The molecule has 5 heterocycles. The maximum atomic E-state index is 14.4. The Labute approximate surface area is 317 Å². The van der Waals surface area contributed by atoms with E-state index < -0.39 is 76.8 Å². The summed E-state index contributed by atoms with van der Waals surface area (Å²) in [6.07, 6.45) is 5.51. The molecule has 5 rings (SSSR count). The fraction of sp³-hybridized carbons (Fsp3) is 0.905. The van der Waals surface area contributed by atoms with E-state index in [0.717, 1.165) is 6.42 Å². The first-order chi connectivity index (χ1) is 24.8. The lowest BCUT2D eigenvalue weighted by Gasteiger charge is -2.54. The van der Waals surface area contributed by atoms with Gasteiger partial charge in [0.1, 0.15) is 11.9 Å². The van der Waals surface area contributed by atoms with Crippen molar-refractivity contribution in [1.29, 1.82) is 0 Å². The number of aliphatic carboxylic acids is 1. The highest BCUT2D eigenvalue weighted by Crippen LogP contribution is 2.54. The third kappa shape index (κ3) is 7.94. The molecule has 0 aromatic heterocycles. The second-order valence-electron chi connectivity index (χ2n) is 17.9. The van der Waals surface area contributed by atoms with Crippen LogP contribution in [0.2, 0.25) is 0 Å². The van der Waals surface area contributed by atoms with Crippen molar-refractivity contribution in [3.05, 3.63) is 12.2 Å². The SMILES string of the molecule is CC[C@@H](C(=O)[C@@H](C)[C@H](O)[C@H](C)[C@@H]1O[C@@H]([C@@H](CC)C(=O)O)CC[C@@H]1C)[C@H]1O[C@]2(C=C[C@@H](O)[C@]3(CC[C@@](C)([C@H]4CC[C@](O)(CC)[C@H](C)O4)O3)O2)[C@H](C)C[C@@H]1C. The second-order valence-corrected chi connectivity index (χ2v) is 17.9. The van der Waals surface area contributed by atoms with Crippen LogP contribution in [0.5, 0.6) is 0 Å². The molecule has 4 saturated heterocycles. The first kappa shape index (κ1) is 42.7. The number of rotatable bonds is 12. The van der Waals surface area contributed by atoms with Crippen molar-refractivity contribution in [2.45, 2.75) is 199 Å². The molecular weight excluding hydrogens is 680 g/mol. The number of aliphatic hydroxyl groups excluding tert-OH is 2. The molecule has 0 bridgehead atoms. The topological polar surface area (TPSA) is 161 Å². The third-order valence-corrected chi connectivity index (χ3v) is 14.4. The summed E-state index contributed by atoms with van der Waals surface area (Å²) in [5, 5.41) is 44.0. The largest absolute Gasteiger partial charge is 0.481 e. The molecular formula is C42H70O11. The summed E-state index contributed by atoms with van der Waals surface area (Å²) in [6, 6.07) is 0. The van der Waals surface area contributed by atoms with Crippen LogP contribution in [0, 0.1) is 41.4 Å². The fourth-order valence-electron chi connectivity index (χ4n) is 10.5. The number of carboxylic acids is 1. The van der Waals surface area contributed by atoms with Crippen molar-refractivity contribution in [2.24, 2.45) is 41.4 Å². The molecule has 11 nitrogen and oxygen atoms in total. The third-order valence-electron chi connectivity index (χ3n) is 14.4. The maximum Gasteiger partial charge on any atom is 0.309 e. The predicted molar refractivity (Wildman–Crippen MR) is 199 cm³/mol. The number of ketones is 1. The highest BCUT2D eigenvalue weighted by Gasteiger charge is 2.63. The van der Waals surface area contributed by atoms with Gasteiger partial charge in [0.2, 0.25) is 5.79 Å². The summed E-state index contributed by atoms with van der Waals surface area (Å²) >= 11 is 0. The summed E-state index contributed by atoms with van der Waals surface area (Å²) < 4.78 is 33.5. The monoisotopic (exact) mass is 750 g/mol. The standard InChI is InChI=1S/C42H70O11/c1-11-29(38(46)47)31-15-14-23(4)36(50-31)27(8)34(44)26(7)35(45)30(12-2)37-24(5)22-25(6)41(51-37)19-16-32(43)42(53-41)21-20-39(10,52-42)33-17-18-40(48,13-3)28(9)49-33/h16,19,23-34,36-37,43-44,48H,11-15,17-18,20-22H2,1-10H3,(H,46,47)/t23-,24-,25+,26-,27-,28-,29+,30-,31+,32+,33+,34-,36+,37-,39-,40+,41-,42-/m0/s1. The van der Waals surface area contributed by atoms with E-state index in [0.29, 0.717) is 57.8 Å². The minimum Gasteiger partial charge on any atom is -0.481 e. The Kier molecular flexibility index (Phi) is 13.0. The van der Waals surface area contributed by atoms with E-state index in [1.54, 1.807) is 19.1 Å². The van der Waals surface area contributed by atoms with Crippen molar-refractivity contribution >= 4 is 11.8 Å². The molecule has 0 saturated carbocycles. The molecule has 53 heavy (non-hydrogen) atoms. The Balaban J connectivity index is 1.31. The van der Waals surface area contributed by atoms with Crippen molar-refractivity contribution in [2.75, 3.05) is 0 Å². The minimum atomic E-state index is -1.37. The van der Waals surface area contributed by atoms with Crippen LogP contribution >= 0.6 is 0 Å². The smallest absolute Gasteiger partial charge is 0.309 e. The Bertz CT molecular complexity index is 1320. The number of ether oxygens (including phenoxy) is 5. The molecule has 0 aliphatic carbocycles. The van der Waals surface area contributed by atoms with Crippen LogP contribution < -0.4 is 0 Å². The molecule has 4 N–H and O–H groups in total. The summed E-state index contributed by atoms with van der Waals surface area (Å²) in [4.78, 5) is 26.4. The van der Waals surface area contributed by atoms with E-state index in [-0.39, 0.29) is 41.8 Å². The molecule has 11 heteroatoms. The van der Waals surface area contributed by atoms with Crippen molar-refractivity contribution in [3.63, 3.8) is 0 Å². The fourth-order valence-corrected chi connectivity index (χ4v) is 10.5. The van der Waals surface area contributed by atoms with Crippen molar-refractivity contribution in [1.82, 2.24) is 0 Å². The molecule has 2 spiro atoms. The highest BCUT2D eigenvalue weighted by molar-refractivity contribution is 5.84. The number of hydrogen-bond donors (Lipinski definition) is 4. The van der Waals surface area contributed by atoms with Crippen LogP contribution in [-0.4, -0.2) is 97.7 Å². The average molecular weight is 751 g/mol. The summed E-state index contributed by atoms with van der Waals surface area (Å²) in [5.74, 6) is -5.78. The lowest BCUT2D eigenvalue weighted by Crippen LogP contribution is -2.63. The quantitative estimate of drug-likeness (QED) is 0.169. The summed E-state index contributed by atoms with van der Waals surface area (Å²) in [6.45, 7) is 19.6. The number of hydrogen-bond acceptors (Lipinski definition) is 10. The normalized spacial score (nSPS) is 46.2. The molecule has 0 aromatic rings.